The topological polar surface area (TPSA) is 107 Å². The molecule has 0 unspecified atom stereocenters. The minimum Gasteiger partial charge on any atom is -0.247 e. The smallest absolute Gasteiger partial charge is 0.247 e. The fourth-order valence-corrected chi connectivity index (χ4v) is 3.38. The highest BCUT2D eigenvalue weighted by Gasteiger charge is 2.17. The lowest BCUT2D eigenvalue weighted by Crippen LogP contribution is -2.34. The number of hydrogen-bond acceptors (Lipinski definition) is 9. The summed E-state index contributed by atoms with van der Waals surface area (Å²) in [4.78, 5) is 31.4. The van der Waals surface area contributed by atoms with Crippen LogP contribution in [0.5, 0.6) is 0 Å². The maximum atomic E-state index is 4.66. The summed E-state index contributed by atoms with van der Waals surface area (Å²) in [7, 11) is 0. The molecule has 0 aliphatic heterocycles. The average molecular weight is 388 g/mol. The number of nitrogens with zero attached hydrogens (tertiary/aromatic N) is 9. The Morgan fingerprint density at radius 3 is 2.71 bits per heavy atom. The quantitative estimate of drug-likeness (QED) is 0.430. The zero-order chi connectivity index (χ0) is 19.1. The van der Waals surface area contributed by atoms with E-state index in [2.05, 4.69) is 39.3 Å². The van der Waals surface area contributed by atoms with Gasteiger partial charge < -0.3 is 0 Å². The van der Waals surface area contributed by atoms with E-state index in [0.717, 1.165) is 22.8 Å². The number of rotatable bonds is 3. The van der Waals surface area contributed by atoms with Crippen molar-refractivity contribution in [1.82, 2.24) is 39.3 Å². The van der Waals surface area contributed by atoms with Crippen molar-refractivity contribution in [1.29, 1.82) is 0 Å². The van der Waals surface area contributed by atoms with Crippen molar-refractivity contribution in [2.75, 3.05) is 0 Å². The lowest BCUT2D eigenvalue weighted by Gasteiger charge is -2.02. The van der Waals surface area contributed by atoms with Crippen LogP contribution < -0.4 is 4.57 Å². The summed E-state index contributed by atoms with van der Waals surface area (Å²) in [6.45, 7) is 3.77. The normalized spacial score (nSPS) is 11.4. The maximum Gasteiger partial charge on any atom is 0.391 e. The van der Waals surface area contributed by atoms with Gasteiger partial charge in [0.1, 0.15) is 11.2 Å². The molecule has 0 atom stereocenters. The number of aryl methyl sites for hydroxylation is 2. The first-order valence-electron chi connectivity index (χ1n) is 8.56. The molecule has 0 bridgehead atoms. The molecule has 5 heterocycles. The number of aromatic nitrogens is 9. The summed E-state index contributed by atoms with van der Waals surface area (Å²) in [5, 5.41) is 1.95. The van der Waals surface area contributed by atoms with Crippen LogP contribution in [0.25, 0.3) is 28.3 Å². The Labute approximate surface area is 163 Å². The molecular weight excluding hydrogens is 374 g/mol. The van der Waals surface area contributed by atoms with E-state index < -0.39 is 0 Å². The van der Waals surface area contributed by atoms with Gasteiger partial charge in [0.15, 0.2) is 5.52 Å². The van der Waals surface area contributed by atoms with Gasteiger partial charge in [0.2, 0.25) is 17.6 Å². The Balaban J connectivity index is 1.60. The second-order valence-electron chi connectivity index (χ2n) is 6.31. The van der Waals surface area contributed by atoms with Crippen molar-refractivity contribution in [3.63, 3.8) is 0 Å². The van der Waals surface area contributed by atoms with Crippen molar-refractivity contribution in [3.05, 3.63) is 59.1 Å². The second-order valence-corrected chi connectivity index (χ2v) is 6.98. The Kier molecular flexibility index (Phi) is 3.90. The highest BCUT2D eigenvalue weighted by atomic mass is 32.1. The lowest BCUT2D eigenvalue weighted by molar-refractivity contribution is -0.605. The van der Waals surface area contributed by atoms with Gasteiger partial charge in [-0.3, -0.25) is 0 Å². The average Bonchev–Trinajstić information content (AvgIpc) is 3.20. The highest BCUT2D eigenvalue weighted by Crippen LogP contribution is 2.14. The van der Waals surface area contributed by atoms with Gasteiger partial charge in [0.05, 0.1) is 23.3 Å². The van der Waals surface area contributed by atoms with Crippen LogP contribution >= 0.6 is 11.5 Å². The molecule has 0 spiro atoms. The van der Waals surface area contributed by atoms with Crippen LogP contribution in [0.4, 0.5) is 0 Å². The molecule has 136 valence electrons. The van der Waals surface area contributed by atoms with E-state index in [-0.39, 0.29) is 0 Å². The largest absolute Gasteiger partial charge is 0.391 e. The molecular formula is C18H14N9S+. The summed E-state index contributed by atoms with van der Waals surface area (Å²) in [6.07, 6.45) is 7.51. The standard InChI is InChI=1S/C18H14N9S/c1-10-6-19-14-8-27(9-21-16(14)22-10)18-23-11(2)15-17(25-18)24-13(7-20-15)5-12-3-4-28-26-12/h3-4,6-9H,5H2,1-2H3/q+1. The van der Waals surface area contributed by atoms with Crippen LogP contribution in [0.3, 0.4) is 0 Å². The molecule has 5 rings (SSSR count). The van der Waals surface area contributed by atoms with E-state index in [4.69, 9.17) is 0 Å². The Morgan fingerprint density at radius 1 is 0.929 bits per heavy atom. The Bertz CT molecular complexity index is 1320. The lowest BCUT2D eigenvalue weighted by atomic mass is 10.2. The summed E-state index contributed by atoms with van der Waals surface area (Å²) >= 11 is 1.42. The summed E-state index contributed by atoms with van der Waals surface area (Å²) < 4.78 is 6.04. The molecule has 0 saturated carbocycles. The van der Waals surface area contributed by atoms with Gasteiger partial charge in [-0.15, -0.1) is 9.97 Å². The molecule has 0 aromatic carbocycles. The van der Waals surface area contributed by atoms with Gasteiger partial charge in [-0.1, -0.05) is 4.98 Å². The SMILES string of the molecule is Cc1cnc2c[n+](-c3nc(C)c4ncc(Cc5ccsn5)nc4n3)cnc2n1. The molecule has 0 saturated heterocycles. The van der Waals surface area contributed by atoms with Crippen LogP contribution in [0.15, 0.2) is 36.4 Å². The minimum absolute atomic E-state index is 0.460. The van der Waals surface area contributed by atoms with Gasteiger partial charge in [0, 0.05) is 24.2 Å². The first kappa shape index (κ1) is 16.6. The molecule has 0 fully saturated rings. The summed E-state index contributed by atoms with van der Waals surface area (Å²) in [5.41, 5.74) is 5.80. The van der Waals surface area contributed by atoms with Gasteiger partial charge in [0.25, 0.3) is 0 Å². The van der Waals surface area contributed by atoms with Gasteiger partial charge >= 0.3 is 5.95 Å². The van der Waals surface area contributed by atoms with E-state index in [1.54, 1.807) is 23.3 Å². The Morgan fingerprint density at radius 2 is 1.86 bits per heavy atom. The number of hydrogen-bond donors (Lipinski definition) is 0. The zero-order valence-corrected chi connectivity index (χ0v) is 15.9. The molecule has 28 heavy (non-hydrogen) atoms. The van der Waals surface area contributed by atoms with Crippen molar-refractivity contribution in [3.8, 4) is 5.95 Å². The van der Waals surface area contributed by atoms with Gasteiger partial charge in [-0.25, -0.2) is 19.9 Å². The van der Waals surface area contributed by atoms with Crippen molar-refractivity contribution in [2.45, 2.75) is 20.3 Å². The molecule has 0 N–H and O–H groups in total. The third kappa shape index (κ3) is 3.03. The Hall–Kier alpha value is -3.53. The third-order valence-corrected chi connectivity index (χ3v) is 4.77. The molecule has 5 aromatic heterocycles. The third-order valence-electron chi connectivity index (χ3n) is 4.17. The fourth-order valence-electron chi connectivity index (χ4n) is 2.84. The van der Waals surface area contributed by atoms with Crippen molar-refractivity contribution < 1.29 is 4.57 Å². The van der Waals surface area contributed by atoms with Crippen LogP contribution in [-0.4, -0.2) is 39.3 Å². The molecule has 5 aromatic rings. The first-order valence-corrected chi connectivity index (χ1v) is 9.40. The van der Waals surface area contributed by atoms with E-state index in [1.807, 2.05) is 31.5 Å². The molecule has 0 aliphatic rings. The molecule has 9 nitrogen and oxygen atoms in total. The van der Waals surface area contributed by atoms with Gasteiger partial charge in [-0.05, 0) is 31.4 Å². The van der Waals surface area contributed by atoms with Crippen LogP contribution in [0, 0.1) is 13.8 Å². The summed E-state index contributed by atoms with van der Waals surface area (Å²) in [6, 6.07) is 1.98. The molecule has 10 heteroatoms. The van der Waals surface area contributed by atoms with Crippen molar-refractivity contribution >= 4 is 33.9 Å². The monoisotopic (exact) mass is 388 g/mol. The van der Waals surface area contributed by atoms with Crippen LogP contribution in [0.2, 0.25) is 0 Å². The van der Waals surface area contributed by atoms with E-state index >= 15 is 0 Å². The second kappa shape index (κ2) is 6.57. The van der Waals surface area contributed by atoms with Gasteiger partial charge in [-0.2, -0.15) is 8.94 Å². The highest BCUT2D eigenvalue weighted by molar-refractivity contribution is 7.03. The predicted octanol–water partition coefficient (Wildman–Crippen LogP) is 1.70. The van der Waals surface area contributed by atoms with E-state index in [1.165, 1.54) is 11.5 Å². The molecule has 0 radical (unpaired) electrons. The van der Waals surface area contributed by atoms with E-state index in [9.17, 15) is 0 Å². The van der Waals surface area contributed by atoms with Crippen LogP contribution in [0.1, 0.15) is 22.8 Å². The predicted molar refractivity (Wildman–Crippen MR) is 102 cm³/mol. The first-order chi connectivity index (χ1) is 13.7. The molecule has 0 aliphatic carbocycles. The molecule has 0 amide bonds. The number of fused-ring (bicyclic) bond motifs is 2. The minimum atomic E-state index is 0.460. The summed E-state index contributed by atoms with van der Waals surface area (Å²) in [5.74, 6) is 0.460. The maximum absolute atomic E-state index is 4.66. The van der Waals surface area contributed by atoms with Crippen LogP contribution in [-0.2, 0) is 6.42 Å². The fraction of sp³-hybridized carbons (Fsp3) is 0.167. The van der Waals surface area contributed by atoms with E-state index in [0.29, 0.717) is 34.7 Å². The zero-order valence-electron chi connectivity index (χ0n) is 15.1. The van der Waals surface area contributed by atoms with Crippen molar-refractivity contribution in [2.24, 2.45) is 0 Å².